The second kappa shape index (κ2) is 8.08. The number of amides is 1. The number of aryl methyl sites for hydroxylation is 2. The van der Waals surface area contributed by atoms with Gasteiger partial charge in [0, 0.05) is 18.7 Å². The lowest BCUT2D eigenvalue weighted by Crippen LogP contribution is -2.34. The van der Waals surface area contributed by atoms with Crippen LogP contribution in [0.4, 0.5) is 0 Å². The predicted molar refractivity (Wildman–Crippen MR) is 104 cm³/mol. The van der Waals surface area contributed by atoms with Crippen LogP contribution in [0.25, 0.3) is 5.57 Å². The first-order chi connectivity index (χ1) is 12.9. The number of hydrogen-bond acceptors (Lipinski definition) is 3. The lowest BCUT2D eigenvalue weighted by molar-refractivity contribution is -0.139. The van der Waals surface area contributed by atoms with E-state index in [1.165, 1.54) is 22.3 Å². The molecule has 0 spiro atoms. The Hall–Kier alpha value is -3.08. The summed E-state index contributed by atoms with van der Waals surface area (Å²) in [5.41, 5.74) is 5.58. The molecule has 0 aliphatic carbocycles. The predicted octanol–water partition coefficient (Wildman–Crippen LogP) is 3.70. The summed E-state index contributed by atoms with van der Waals surface area (Å²) in [4.78, 5) is 25.0. The van der Waals surface area contributed by atoms with Crippen LogP contribution < -0.4 is 4.74 Å². The van der Waals surface area contributed by atoms with Crippen molar-refractivity contribution in [3.8, 4) is 5.75 Å². The normalized spacial score (nSPS) is 13.9. The molecular formula is C22H23NO4. The first kappa shape index (κ1) is 18.7. The van der Waals surface area contributed by atoms with Crippen LogP contribution >= 0.6 is 0 Å². The number of nitrogens with zero attached hydrogens (tertiary/aromatic N) is 1. The van der Waals surface area contributed by atoms with Crippen LogP contribution in [0.15, 0.2) is 48.5 Å². The molecule has 3 rings (SSSR count). The molecule has 27 heavy (non-hydrogen) atoms. The minimum absolute atomic E-state index is 0.0319. The number of carbonyl (C=O) groups excluding carboxylic acids is 1. The third-order valence-electron chi connectivity index (χ3n) is 4.55. The van der Waals surface area contributed by atoms with E-state index in [0.717, 1.165) is 6.42 Å². The van der Waals surface area contributed by atoms with Crippen LogP contribution in [-0.2, 0) is 4.79 Å². The van der Waals surface area contributed by atoms with E-state index in [1.807, 2.05) is 4.90 Å². The van der Waals surface area contributed by atoms with Gasteiger partial charge in [-0.2, -0.15) is 0 Å². The van der Waals surface area contributed by atoms with E-state index in [4.69, 9.17) is 9.84 Å². The molecule has 2 aromatic carbocycles. The van der Waals surface area contributed by atoms with Gasteiger partial charge in [-0.25, -0.2) is 4.79 Å². The highest BCUT2D eigenvalue weighted by molar-refractivity contribution is 5.95. The molecule has 1 amide bonds. The smallest absolute Gasteiger partial charge is 0.341 e. The first-order valence-electron chi connectivity index (χ1n) is 8.94. The molecule has 0 radical (unpaired) electrons. The maximum atomic E-state index is 12.7. The van der Waals surface area contributed by atoms with Crippen molar-refractivity contribution >= 4 is 17.4 Å². The van der Waals surface area contributed by atoms with Crippen molar-refractivity contribution in [3.63, 3.8) is 0 Å². The summed E-state index contributed by atoms with van der Waals surface area (Å²) in [6, 6.07) is 13.1. The maximum Gasteiger partial charge on any atom is 0.341 e. The monoisotopic (exact) mass is 365 g/mol. The second-order valence-corrected chi connectivity index (χ2v) is 6.81. The Morgan fingerprint density at radius 1 is 1.07 bits per heavy atom. The van der Waals surface area contributed by atoms with Gasteiger partial charge in [0.1, 0.15) is 5.75 Å². The highest BCUT2D eigenvalue weighted by Gasteiger charge is 2.19. The summed E-state index contributed by atoms with van der Waals surface area (Å²) in [7, 11) is 0. The number of ether oxygens (including phenoxy) is 1. The third-order valence-corrected chi connectivity index (χ3v) is 4.55. The molecule has 2 aromatic rings. The number of carbonyl (C=O) groups is 2. The van der Waals surface area contributed by atoms with Crippen LogP contribution in [0, 0.1) is 13.8 Å². The van der Waals surface area contributed by atoms with Gasteiger partial charge in [-0.05, 0) is 55.7 Å². The van der Waals surface area contributed by atoms with E-state index in [0.29, 0.717) is 24.4 Å². The summed E-state index contributed by atoms with van der Waals surface area (Å²) in [5.74, 6) is -0.630. The van der Waals surface area contributed by atoms with Gasteiger partial charge in [-0.1, -0.05) is 35.4 Å². The molecule has 140 valence electrons. The van der Waals surface area contributed by atoms with Gasteiger partial charge in [-0.15, -0.1) is 0 Å². The molecule has 0 saturated heterocycles. The van der Waals surface area contributed by atoms with E-state index in [2.05, 4.69) is 38.1 Å². The number of benzene rings is 2. The SMILES string of the molecule is Cc1cc(C)cc(C2=CCN(C(=O)c3ccc(OCC(=O)O)cc3)CC2)c1. The fourth-order valence-electron chi connectivity index (χ4n) is 3.30. The minimum Gasteiger partial charge on any atom is -0.482 e. The molecule has 5 nitrogen and oxygen atoms in total. The van der Waals surface area contributed by atoms with Crippen LogP contribution in [0.2, 0.25) is 0 Å². The highest BCUT2D eigenvalue weighted by atomic mass is 16.5. The molecule has 0 aromatic heterocycles. The molecule has 0 atom stereocenters. The van der Waals surface area contributed by atoms with E-state index >= 15 is 0 Å². The van der Waals surface area contributed by atoms with Crippen molar-refractivity contribution in [2.45, 2.75) is 20.3 Å². The van der Waals surface area contributed by atoms with Gasteiger partial charge in [0.15, 0.2) is 6.61 Å². The summed E-state index contributed by atoms with van der Waals surface area (Å²) in [5, 5.41) is 8.63. The lowest BCUT2D eigenvalue weighted by Gasteiger charge is -2.27. The molecule has 1 aliphatic heterocycles. The van der Waals surface area contributed by atoms with Gasteiger partial charge >= 0.3 is 5.97 Å². The number of rotatable bonds is 5. The Kier molecular flexibility index (Phi) is 5.60. The molecule has 1 heterocycles. The van der Waals surface area contributed by atoms with Crippen molar-refractivity contribution < 1.29 is 19.4 Å². The number of carboxylic acid groups (broad SMARTS) is 1. The van der Waals surface area contributed by atoms with Gasteiger partial charge in [0.2, 0.25) is 0 Å². The average Bonchev–Trinajstić information content (AvgIpc) is 2.65. The van der Waals surface area contributed by atoms with E-state index in [9.17, 15) is 9.59 Å². The van der Waals surface area contributed by atoms with Gasteiger partial charge in [0.05, 0.1) is 0 Å². The standard InChI is InChI=1S/C22H23NO4/c1-15-11-16(2)13-19(12-15)17-7-9-23(10-8-17)22(26)18-3-5-20(6-4-18)27-14-21(24)25/h3-7,11-13H,8-10,14H2,1-2H3,(H,24,25). The lowest BCUT2D eigenvalue weighted by atomic mass is 9.96. The van der Waals surface area contributed by atoms with Crippen molar-refractivity contribution in [1.29, 1.82) is 0 Å². The average molecular weight is 365 g/mol. The largest absolute Gasteiger partial charge is 0.482 e. The topological polar surface area (TPSA) is 66.8 Å². The minimum atomic E-state index is -1.03. The highest BCUT2D eigenvalue weighted by Crippen LogP contribution is 2.25. The number of hydrogen-bond donors (Lipinski definition) is 1. The Morgan fingerprint density at radius 3 is 2.30 bits per heavy atom. The van der Waals surface area contributed by atoms with Crippen LogP contribution in [0.5, 0.6) is 5.75 Å². The Balaban J connectivity index is 1.65. The maximum absolute atomic E-state index is 12.7. The van der Waals surface area contributed by atoms with E-state index in [1.54, 1.807) is 24.3 Å². The molecule has 5 heteroatoms. The van der Waals surface area contributed by atoms with Gasteiger partial charge in [-0.3, -0.25) is 4.79 Å². The zero-order valence-electron chi connectivity index (χ0n) is 15.6. The summed E-state index contributed by atoms with van der Waals surface area (Å²) >= 11 is 0. The van der Waals surface area contributed by atoms with E-state index < -0.39 is 12.6 Å². The molecule has 0 bridgehead atoms. The van der Waals surface area contributed by atoms with Crippen molar-refractivity contribution in [2.75, 3.05) is 19.7 Å². The summed E-state index contributed by atoms with van der Waals surface area (Å²) in [6.45, 7) is 5.05. The van der Waals surface area contributed by atoms with Crippen molar-refractivity contribution in [2.24, 2.45) is 0 Å². The van der Waals surface area contributed by atoms with Crippen molar-refractivity contribution in [1.82, 2.24) is 4.90 Å². The molecule has 0 saturated carbocycles. The molecule has 0 unspecified atom stereocenters. The zero-order valence-corrected chi connectivity index (χ0v) is 15.6. The Bertz CT molecular complexity index is 863. The van der Waals surface area contributed by atoms with Crippen LogP contribution in [0.3, 0.4) is 0 Å². The fraction of sp³-hybridized carbons (Fsp3) is 0.273. The van der Waals surface area contributed by atoms with Crippen molar-refractivity contribution in [3.05, 3.63) is 70.8 Å². The number of carboxylic acids is 1. The quantitative estimate of drug-likeness (QED) is 0.877. The van der Waals surface area contributed by atoms with Gasteiger partial charge in [0.25, 0.3) is 5.91 Å². The number of aliphatic carboxylic acids is 1. The van der Waals surface area contributed by atoms with E-state index in [-0.39, 0.29) is 5.91 Å². The molecule has 1 aliphatic rings. The zero-order chi connectivity index (χ0) is 19.4. The summed E-state index contributed by atoms with van der Waals surface area (Å²) in [6.07, 6.45) is 2.95. The first-order valence-corrected chi connectivity index (χ1v) is 8.94. The summed E-state index contributed by atoms with van der Waals surface area (Å²) < 4.78 is 5.10. The van der Waals surface area contributed by atoms with Crippen LogP contribution in [0.1, 0.15) is 33.5 Å². The Labute approximate surface area is 158 Å². The molecule has 0 fully saturated rings. The van der Waals surface area contributed by atoms with Crippen LogP contribution in [-0.4, -0.2) is 41.6 Å². The Morgan fingerprint density at radius 2 is 1.74 bits per heavy atom. The third kappa shape index (κ3) is 4.76. The molecular weight excluding hydrogens is 342 g/mol. The van der Waals surface area contributed by atoms with Gasteiger partial charge < -0.3 is 14.7 Å². The fourth-order valence-corrected chi connectivity index (χ4v) is 3.30. The second-order valence-electron chi connectivity index (χ2n) is 6.81. The molecule has 1 N–H and O–H groups in total.